The first-order valence-electron chi connectivity index (χ1n) is 12.2. The maximum absolute atomic E-state index is 15.3. The van der Waals surface area contributed by atoms with E-state index in [2.05, 4.69) is 15.1 Å². The normalized spacial score (nSPS) is 11.7. The summed E-state index contributed by atoms with van der Waals surface area (Å²) in [5.74, 6) is -1.57. The van der Waals surface area contributed by atoms with E-state index in [0.717, 1.165) is 34.4 Å². The number of aryl methyl sites for hydroxylation is 1. The van der Waals surface area contributed by atoms with Gasteiger partial charge in [-0.2, -0.15) is 18.3 Å². The van der Waals surface area contributed by atoms with Crippen LogP contribution < -0.4 is 5.73 Å². The third-order valence-corrected chi connectivity index (χ3v) is 6.76. The number of anilines is 1. The first-order valence-corrected chi connectivity index (χ1v) is 12.2. The van der Waals surface area contributed by atoms with Gasteiger partial charge in [0.2, 0.25) is 5.91 Å². The van der Waals surface area contributed by atoms with Crippen LogP contribution in [0.15, 0.2) is 60.9 Å². The number of halogens is 4. The van der Waals surface area contributed by atoms with Crippen molar-refractivity contribution < 1.29 is 27.2 Å². The zero-order chi connectivity index (χ0) is 29.6. The molecule has 0 bridgehead atoms. The van der Waals surface area contributed by atoms with Gasteiger partial charge in [-0.1, -0.05) is 12.1 Å². The minimum atomic E-state index is -4.58. The number of pyridine rings is 2. The second-order valence-corrected chi connectivity index (χ2v) is 9.40. The fourth-order valence-corrected chi connectivity index (χ4v) is 4.48. The molecular weight excluding hydrogens is 542 g/mol. The minimum absolute atomic E-state index is 0.0337. The van der Waals surface area contributed by atoms with Gasteiger partial charge in [0.15, 0.2) is 0 Å². The molecule has 5 rings (SSSR count). The highest BCUT2D eigenvalue weighted by Gasteiger charge is 2.31. The van der Waals surface area contributed by atoms with Crippen molar-refractivity contribution in [1.82, 2.24) is 29.8 Å². The maximum Gasteiger partial charge on any atom is 0.416 e. The van der Waals surface area contributed by atoms with E-state index >= 15 is 4.39 Å². The number of fused-ring (bicyclic) bond motifs is 3. The van der Waals surface area contributed by atoms with E-state index < -0.39 is 29.4 Å². The zero-order valence-corrected chi connectivity index (χ0v) is 22.1. The Morgan fingerprint density at radius 2 is 1.80 bits per heavy atom. The summed E-state index contributed by atoms with van der Waals surface area (Å²) in [6.45, 7) is 0.918. The minimum Gasteiger partial charge on any atom is -0.383 e. The molecule has 210 valence electrons. The maximum atomic E-state index is 15.3. The number of amides is 2. The lowest BCUT2D eigenvalue weighted by Gasteiger charge is -2.31. The molecule has 13 heteroatoms. The number of carbonyl (C=O) groups is 2. The van der Waals surface area contributed by atoms with Crippen molar-refractivity contribution in [3.63, 3.8) is 0 Å². The first kappa shape index (κ1) is 27.5. The molecule has 3 heterocycles. The lowest BCUT2D eigenvalue weighted by Crippen LogP contribution is -2.46. The fourth-order valence-electron chi connectivity index (χ4n) is 4.48. The molecule has 0 spiro atoms. The van der Waals surface area contributed by atoms with Gasteiger partial charge in [-0.15, -0.1) is 0 Å². The largest absolute Gasteiger partial charge is 0.416 e. The van der Waals surface area contributed by atoms with Crippen LogP contribution in [0.25, 0.3) is 33.1 Å². The summed E-state index contributed by atoms with van der Waals surface area (Å²) in [5.41, 5.74) is 6.63. The number of hydrogen-bond acceptors (Lipinski definition) is 6. The number of alkyl halides is 3. The number of carbonyl (C=O) groups excluding carboxylic acids is 2. The standard InChI is InChI=1S/C28H23F4N7O2/c1-15(40)38(3)39(14-18-5-4-16(11-22(18)29)24-12-19(8-9-34-24)28(30,31)32)27(41)17-6-7-23-20(10-17)25-21(26(33)36-23)13-35-37(25)2/h4-13H,14H2,1-3H3,(H2,33,36). The molecule has 41 heavy (non-hydrogen) atoms. The Bertz CT molecular complexity index is 1830. The van der Waals surface area contributed by atoms with Gasteiger partial charge in [0.05, 0.1) is 40.4 Å². The third kappa shape index (κ3) is 5.13. The second-order valence-electron chi connectivity index (χ2n) is 9.40. The van der Waals surface area contributed by atoms with Crippen LogP contribution in [0.4, 0.5) is 23.4 Å². The van der Waals surface area contributed by atoms with Crippen molar-refractivity contribution in [3.05, 3.63) is 83.4 Å². The summed E-state index contributed by atoms with van der Waals surface area (Å²) in [6, 6.07) is 10.2. The van der Waals surface area contributed by atoms with Crippen molar-refractivity contribution in [2.75, 3.05) is 12.8 Å². The zero-order valence-electron chi connectivity index (χ0n) is 22.1. The average molecular weight is 566 g/mol. The molecule has 2 aromatic carbocycles. The Balaban J connectivity index is 1.50. The van der Waals surface area contributed by atoms with Crippen molar-refractivity contribution >= 4 is 39.4 Å². The van der Waals surface area contributed by atoms with Crippen LogP contribution in [-0.2, 0) is 24.6 Å². The molecule has 0 radical (unpaired) electrons. The fraction of sp³-hybridized carbons (Fsp3) is 0.179. The summed E-state index contributed by atoms with van der Waals surface area (Å²) in [4.78, 5) is 34.3. The lowest BCUT2D eigenvalue weighted by atomic mass is 10.1. The molecule has 0 unspecified atom stereocenters. The lowest BCUT2D eigenvalue weighted by molar-refractivity contribution is -0.140. The number of nitrogen functional groups attached to an aromatic ring is 1. The number of hydrazine groups is 1. The van der Waals surface area contributed by atoms with Gasteiger partial charge < -0.3 is 5.73 Å². The predicted molar refractivity (Wildman–Crippen MR) is 143 cm³/mol. The van der Waals surface area contributed by atoms with E-state index in [1.54, 1.807) is 30.1 Å². The van der Waals surface area contributed by atoms with Crippen LogP contribution in [0.2, 0.25) is 0 Å². The Morgan fingerprint density at radius 3 is 2.49 bits per heavy atom. The summed E-state index contributed by atoms with van der Waals surface area (Å²) >= 11 is 0. The molecule has 0 aliphatic heterocycles. The SMILES string of the molecule is CC(=O)N(C)N(Cc1ccc(-c2cc(C(F)(F)F)ccn2)cc1F)C(=O)c1ccc2nc(N)c3cnn(C)c3c2c1. The Labute approximate surface area is 230 Å². The Kier molecular flexibility index (Phi) is 6.81. The highest BCUT2D eigenvalue weighted by atomic mass is 19.4. The monoisotopic (exact) mass is 565 g/mol. The number of aromatic nitrogens is 4. The number of benzene rings is 2. The number of rotatable bonds is 4. The second kappa shape index (κ2) is 10.2. The molecule has 2 amide bonds. The summed E-state index contributed by atoms with van der Waals surface area (Å²) < 4.78 is 56.3. The quantitative estimate of drug-likeness (QED) is 0.244. The van der Waals surface area contributed by atoms with Crippen LogP contribution in [0.3, 0.4) is 0 Å². The summed E-state index contributed by atoms with van der Waals surface area (Å²) in [7, 11) is 3.11. The van der Waals surface area contributed by atoms with Gasteiger partial charge in [0, 0.05) is 49.3 Å². The van der Waals surface area contributed by atoms with Crippen molar-refractivity contribution in [3.8, 4) is 11.3 Å². The molecule has 0 fully saturated rings. The van der Waals surface area contributed by atoms with Gasteiger partial charge in [-0.05, 0) is 36.4 Å². The van der Waals surface area contributed by atoms with Gasteiger partial charge in [-0.3, -0.25) is 24.3 Å². The molecule has 0 aliphatic carbocycles. The van der Waals surface area contributed by atoms with Gasteiger partial charge in [-0.25, -0.2) is 14.4 Å². The molecule has 0 aliphatic rings. The predicted octanol–water partition coefficient (Wildman–Crippen LogP) is 4.96. The highest BCUT2D eigenvalue weighted by Crippen LogP contribution is 2.32. The van der Waals surface area contributed by atoms with Crippen molar-refractivity contribution in [2.24, 2.45) is 7.05 Å². The van der Waals surface area contributed by atoms with Gasteiger partial charge in [0.25, 0.3) is 5.91 Å². The molecule has 3 aromatic heterocycles. The Hall–Kier alpha value is -5.07. The van der Waals surface area contributed by atoms with Crippen LogP contribution in [0.5, 0.6) is 0 Å². The molecule has 0 saturated heterocycles. The van der Waals surface area contributed by atoms with Crippen molar-refractivity contribution in [1.29, 1.82) is 0 Å². The van der Waals surface area contributed by atoms with E-state index in [-0.39, 0.29) is 34.7 Å². The van der Waals surface area contributed by atoms with Crippen LogP contribution in [-0.4, -0.2) is 48.6 Å². The molecule has 0 atom stereocenters. The summed E-state index contributed by atoms with van der Waals surface area (Å²) in [6.07, 6.45) is -2.01. The average Bonchev–Trinajstić information content (AvgIpc) is 3.33. The van der Waals surface area contributed by atoms with E-state index in [4.69, 9.17) is 5.73 Å². The third-order valence-electron chi connectivity index (χ3n) is 6.76. The van der Waals surface area contributed by atoms with Crippen LogP contribution >= 0.6 is 0 Å². The topological polar surface area (TPSA) is 110 Å². The summed E-state index contributed by atoms with van der Waals surface area (Å²) in [5, 5.41) is 7.59. The smallest absolute Gasteiger partial charge is 0.383 e. The first-order chi connectivity index (χ1) is 19.3. The van der Waals surface area contributed by atoms with E-state index in [1.165, 1.54) is 32.2 Å². The number of hydrogen-bond donors (Lipinski definition) is 1. The molecule has 5 aromatic rings. The molecule has 9 nitrogen and oxygen atoms in total. The van der Waals surface area contributed by atoms with Crippen LogP contribution in [0.1, 0.15) is 28.4 Å². The van der Waals surface area contributed by atoms with E-state index in [1.807, 2.05) is 0 Å². The van der Waals surface area contributed by atoms with E-state index in [0.29, 0.717) is 21.8 Å². The van der Waals surface area contributed by atoms with E-state index in [9.17, 15) is 22.8 Å². The molecule has 0 saturated carbocycles. The van der Waals surface area contributed by atoms with Crippen molar-refractivity contribution in [2.45, 2.75) is 19.6 Å². The highest BCUT2D eigenvalue weighted by molar-refractivity contribution is 6.10. The van der Waals surface area contributed by atoms with Crippen LogP contribution in [0, 0.1) is 5.82 Å². The molecule has 2 N–H and O–H groups in total. The Morgan fingerprint density at radius 1 is 1.05 bits per heavy atom. The number of nitrogens with two attached hydrogens (primary N) is 1. The van der Waals surface area contributed by atoms with Gasteiger partial charge in [0.1, 0.15) is 11.6 Å². The molecular formula is C28H23F4N7O2. The number of nitrogens with zero attached hydrogens (tertiary/aromatic N) is 6. The van der Waals surface area contributed by atoms with Gasteiger partial charge >= 0.3 is 6.18 Å².